The highest BCUT2D eigenvalue weighted by atomic mass is 16.5. The van der Waals surface area contributed by atoms with Gasteiger partial charge in [-0.3, -0.25) is 14.9 Å². The van der Waals surface area contributed by atoms with E-state index in [2.05, 4.69) is 28.7 Å². The fraction of sp³-hybridized carbons (Fsp3) is 0.333. The first-order chi connectivity index (χ1) is 14.0. The quantitative estimate of drug-likeness (QED) is 0.600. The van der Waals surface area contributed by atoms with Gasteiger partial charge >= 0.3 is 0 Å². The summed E-state index contributed by atoms with van der Waals surface area (Å²) in [5.74, 6) is 0.771. The minimum Gasteiger partial charge on any atom is -0.491 e. The second-order valence-electron chi connectivity index (χ2n) is 7.55. The van der Waals surface area contributed by atoms with E-state index in [0.717, 1.165) is 16.9 Å². The van der Waals surface area contributed by atoms with E-state index in [0.29, 0.717) is 19.6 Å². The van der Waals surface area contributed by atoms with Gasteiger partial charge in [0.2, 0.25) is 0 Å². The Balaban J connectivity index is 1.67. The fourth-order valence-corrected chi connectivity index (χ4v) is 3.17. The number of aromatic nitrogens is 2. The number of pyridine rings is 2. The van der Waals surface area contributed by atoms with Crippen LogP contribution in [-0.4, -0.2) is 39.2 Å². The van der Waals surface area contributed by atoms with Gasteiger partial charge in [0, 0.05) is 44.4 Å². The van der Waals surface area contributed by atoms with Crippen molar-refractivity contribution in [2.24, 2.45) is 0 Å². The van der Waals surface area contributed by atoms with E-state index in [1.807, 2.05) is 55.7 Å². The second kappa shape index (κ2) is 10.1. The Morgan fingerprint density at radius 2 is 1.41 bits per heavy atom. The molecule has 0 amide bonds. The van der Waals surface area contributed by atoms with Crippen molar-refractivity contribution in [3.8, 4) is 5.75 Å². The molecular weight excluding hydrogens is 362 g/mol. The van der Waals surface area contributed by atoms with Crippen LogP contribution in [0.2, 0.25) is 0 Å². The summed E-state index contributed by atoms with van der Waals surface area (Å²) in [6.07, 6.45) is 6.80. The van der Waals surface area contributed by atoms with E-state index in [4.69, 9.17) is 4.74 Å². The van der Waals surface area contributed by atoms with Gasteiger partial charge < -0.3 is 9.84 Å². The Morgan fingerprint density at radius 1 is 0.862 bits per heavy atom. The van der Waals surface area contributed by atoms with Crippen LogP contribution in [0, 0.1) is 20.8 Å². The summed E-state index contributed by atoms with van der Waals surface area (Å²) in [6.45, 7) is 8.36. The summed E-state index contributed by atoms with van der Waals surface area (Å²) < 4.78 is 5.77. The normalized spacial score (nSPS) is 12.2. The van der Waals surface area contributed by atoms with Crippen LogP contribution in [-0.2, 0) is 13.1 Å². The molecule has 3 rings (SSSR count). The number of hydrogen-bond acceptors (Lipinski definition) is 5. The first kappa shape index (κ1) is 21.0. The zero-order valence-corrected chi connectivity index (χ0v) is 17.4. The molecule has 29 heavy (non-hydrogen) atoms. The predicted octanol–water partition coefficient (Wildman–Crippen LogP) is 3.84. The number of aryl methyl sites for hydroxylation is 3. The van der Waals surface area contributed by atoms with Crippen molar-refractivity contribution in [2.45, 2.75) is 40.0 Å². The van der Waals surface area contributed by atoms with Gasteiger partial charge in [-0.25, -0.2) is 0 Å². The number of rotatable bonds is 9. The minimum absolute atomic E-state index is 0.248. The van der Waals surface area contributed by atoms with Gasteiger partial charge in [-0.2, -0.15) is 0 Å². The second-order valence-corrected chi connectivity index (χ2v) is 7.55. The fourth-order valence-electron chi connectivity index (χ4n) is 3.17. The zero-order valence-electron chi connectivity index (χ0n) is 17.4. The van der Waals surface area contributed by atoms with Crippen LogP contribution in [0.15, 0.2) is 61.2 Å². The smallest absolute Gasteiger partial charge is 0.119 e. The standard InChI is InChI=1S/C24H29N3O2/c1-18-4-6-24(7-5-18)29-17-23(28)16-27(14-21-12-25-10-8-19(21)2)15-22-13-26-11-9-20(22)3/h4-13,23,28H,14-17H2,1-3H3. The summed E-state index contributed by atoms with van der Waals surface area (Å²) in [4.78, 5) is 10.7. The zero-order chi connectivity index (χ0) is 20.6. The molecule has 0 saturated heterocycles. The molecular formula is C24H29N3O2. The topological polar surface area (TPSA) is 58.5 Å². The van der Waals surface area contributed by atoms with Gasteiger partial charge in [0.25, 0.3) is 0 Å². The molecule has 0 aliphatic heterocycles. The van der Waals surface area contributed by atoms with Gasteiger partial charge in [0.1, 0.15) is 18.5 Å². The van der Waals surface area contributed by atoms with Crippen molar-refractivity contribution in [1.29, 1.82) is 0 Å². The summed E-state index contributed by atoms with van der Waals surface area (Å²) >= 11 is 0. The SMILES string of the molecule is Cc1ccc(OCC(O)CN(Cc2cnccc2C)Cc2cnccc2C)cc1. The van der Waals surface area contributed by atoms with Gasteiger partial charge in [0.15, 0.2) is 0 Å². The number of aliphatic hydroxyl groups is 1. The lowest BCUT2D eigenvalue weighted by molar-refractivity contribution is 0.0626. The molecule has 0 aliphatic rings. The highest BCUT2D eigenvalue weighted by Gasteiger charge is 2.16. The third-order valence-electron chi connectivity index (χ3n) is 5.02. The van der Waals surface area contributed by atoms with Gasteiger partial charge in [0.05, 0.1) is 0 Å². The van der Waals surface area contributed by atoms with E-state index in [9.17, 15) is 5.11 Å². The maximum absolute atomic E-state index is 10.6. The number of ether oxygens (including phenoxy) is 1. The van der Waals surface area contributed by atoms with E-state index in [1.165, 1.54) is 16.7 Å². The molecule has 152 valence electrons. The highest BCUT2D eigenvalue weighted by Crippen LogP contribution is 2.16. The van der Waals surface area contributed by atoms with Crippen LogP contribution < -0.4 is 4.74 Å². The highest BCUT2D eigenvalue weighted by molar-refractivity contribution is 5.26. The van der Waals surface area contributed by atoms with Gasteiger partial charge in [-0.15, -0.1) is 0 Å². The average molecular weight is 392 g/mol. The van der Waals surface area contributed by atoms with Crippen molar-refractivity contribution in [3.05, 3.63) is 89.0 Å². The van der Waals surface area contributed by atoms with Gasteiger partial charge in [-0.1, -0.05) is 17.7 Å². The largest absolute Gasteiger partial charge is 0.491 e. The lowest BCUT2D eigenvalue weighted by atomic mass is 10.1. The predicted molar refractivity (Wildman–Crippen MR) is 115 cm³/mol. The lowest BCUT2D eigenvalue weighted by Gasteiger charge is -2.26. The van der Waals surface area contributed by atoms with Crippen LogP contribution in [0.4, 0.5) is 0 Å². The Labute approximate surface area is 173 Å². The third kappa shape index (κ3) is 6.38. The van der Waals surface area contributed by atoms with Crippen molar-refractivity contribution in [3.63, 3.8) is 0 Å². The molecule has 0 aliphatic carbocycles. The van der Waals surface area contributed by atoms with Gasteiger partial charge in [-0.05, 0) is 67.3 Å². The monoisotopic (exact) mass is 391 g/mol. The summed E-state index contributed by atoms with van der Waals surface area (Å²) in [5.41, 5.74) is 5.88. The third-order valence-corrected chi connectivity index (χ3v) is 5.02. The number of benzene rings is 1. The Kier molecular flexibility index (Phi) is 7.33. The molecule has 0 radical (unpaired) electrons. The maximum Gasteiger partial charge on any atom is 0.119 e. The molecule has 1 aromatic carbocycles. The molecule has 3 aromatic rings. The molecule has 0 spiro atoms. The molecule has 1 unspecified atom stereocenters. The molecule has 1 atom stereocenters. The molecule has 1 N–H and O–H groups in total. The molecule has 5 heteroatoms. The van der Waals surface area contributed by atoms with Crippen molar-refractivity contribution < 1.29 is 9.84 Å². The molecule has 2 heterocycles. The first-order valence-electron chi connectivity index (χ1n) is 9.90. The average Bonchev–Trinajstić information content (AvgIpc) is 2.71. The van der Waals surface area contributed by atoms with Crippen LogP contribution in [0.25, 0.3) is 0 Å². The molecule has 2 aromatic heterocycles. The Morgan fingerprint density at radius 3 is 1.93 bits per heavy atom. The molecule has 5 nitrogen and oxygen atoms in total. The van der Waals surface area contributed by atoms with Crippen molar-refractivity contribution >= 4 is 0 Å². The summed E-state index contributed by atoms with van der Waals surface area (Å²) in [6, 6.07) is 11.9. The Bertz CT molecular complexity index is 865. The number of hydrogen-bond donors (Lipinski definition) is 1. The van der Waals surface area contributed by atoms with E-state index < -0.39 is 6.10 Å². The molecule has 0 fully saturated rings. The van der Waals surface area contributed by atoms with Crippen LogP contribution in [0.5, 0.6) is 5.75 Å². The summed E-state index contributed by atoms with van der Waals surface area (Å²) in [5, 5.41) is 10.6. The minimum atomic E-state index is -0.606. The van der Waals surface area contributed by atoms with E-state index >= 15 is 0 Å². The van der Waals surface area contributed by atoms with E-state index in [-0.39, 0.29) is 6.61 Å². The maximum atomic E-state index is 10.6. The van der Waals surface area contributed by atoms with Crippen LogP contribution in [0.1, 0.15) is 27.8 Å². The van der Waals surface area contributed by atoms with Crippen molar-refractivity contribution in [1.82, 2.24) is 14.9 Å². The Hall–Kier alpha value is -2.76. The van der Waals surface area contributed by atoms with Crippen LogP contribution in [0.3, 0.4) is 0 Å². The number of aliphatic hydroxyl groups excluding tert-OH is 1. The lowest BCUT2D eigenvalue weighted by Crippen LogP contribution is -2.35. The van der Waals surface area contributed by atoms with Crippen LogP contribution >= 0.6 is 0 Å². The van der Waals surface area contributed by atoms with E-state index in [1.54, 1.807) is 12.4 Å². The van der Waals surface area contributed by atoms with Crippen molar-refractivity contribution in [2.75, 3.05) is 13.2 Å². The summed E-state index contributed by atoms with van der Waals surface area (Å²) in [7, 11) is 0. The molecule has 0 saturated carbocycles. The molecule has 0 bridgehead atoms. The first-order valence-corrected chi connectivity index (χ1v) is 9.90. The number of nitrogens with zero attached hydrogens (tertiary/aromatic N) is 3.